The average Bonchev–Trinajstić information content (AvgIpc) is 3.12. The molecule has 1 N–H and O–H groups in total. The highest BCUT2D eigenvalue weighted by molar-refractivity contribution is 7.22. The van der Waals surface area contributed by atoms with Crippen molar-refractivity contribution in [1.82, 2.24) is 10.3 Å². The Morgan fingerprint density at radius 1 is 1.19 bits per heavy atom. The number of rotatable bonds is 5. The molecule has 1 aliphatic rings. The van der Waals surface area contributed by atoms with Gasteiger partial charge in [-0.2, -0.15) is 0 Å². The van der Waals surface area contributed by atoms with E-state index >= 15 is 0 Å². The molecule has 0 spiro atoms. The van der Waals surface area contributed by atoms with Crippen molar-refractivity contribution in [3.8, 4) is 0 Å². The number of aryl methyl sites for hydroxylation is 1. The number of carbonyl (C=O) groups excluding carboxylic acids is 1. The minimum Gasteiger partial charge on any atom is -0.356 e. The molecular formula is C22H25N3OS. The zero-order valence-corrected chi connectivity index (χ0v) is 16.5. The Kier molecular flexibility index (Phi) is 5.39. The van der Waals surface area contributed by atoms with Crippen molar-refractivity contribution in [2.75, 3.05) is 24.5 Å². The van der Waals surface area contributed by atoms with Crippen LogP contribution in [0.2, 0.25) is 0 Å². The van der Waals surface area contributed by atoms with E-state index in [9.17, 15) is 4.79 Å². The van der Waals surface area contributed by atoms with Gasteiger partial charge in [0.15, 0.2) is 5.13 Å². The summed E-state index contributed by atoms with van der Waals surface area (Å²) in [7, 11) is 0. The number of thiazole rings is 1. The molecular weight excluding hydrogens is 354 g/mol. The maximum Gasteiger partial charge on any atom is 0.223 e. The number of hydrogen-bond acceptors (Lipinski definition) is 4. The highest BCUT2D eigenvalue weighted by atomic mass is 32.1. The van der Waals surface area contributed by atoms with E-state index in [2.05, 4.69) is 47.5 Å². The van der Waals surface area contributed by atoms with Crippen molar-refractivity contribution in [3.05, 3.63) is 59.7 Å². The molecule has 3 aromatic rings. The van der Waals surface area contributed by atoms with Crippen molar-refractivity contribution < 1.29 is 4.79 Å². The summed E-state index contributed by atoms with van der Waals surface area (Å²) in [5, 5.41) is 4.19. The maximum absolute atomic E-state index is 12.5. The van der Waals surface area contributed by atoms with Gasteiger partial charge >= 0.3 is 0 Å². The van der Waals surface area contributed by atoms with Crippen LogP contribution in [0.1, 0.15) is 24.0 Å². The van der Waals surface area contributed by atoms with Gasteiger partial charge in [0.25, 0.3) is 0 Å². The standard InChI is InChI=1S/C22H25N3OS/c1-16-7-8-19-20(15-16)27-22(24-19)25-13-10-18(11-14-25)21(26)23-12-9-17-5-3-2-4-6-17/h2-8,15,18H,9-14H2,1H3,(H,23,26). The van der Waals surface area contributed by atoms with Crippen molar-refractivity contribution in [1.29, 1.82) is 0 Å². The van der Waals surface area contributed by atoms with Crippen LogP contribution in [-0.4, -0.2) is 30.5 Å². The van der Waals surface area contributed by atoms with Crippen LogP contribution >= 0.6 is 11.3 Å². The molecule has 2 aromatic carbocycles. The summed E-state index contributed by atoms with van der Waals surface area (Å²) in [6.45, 7) is 4.62. The fourth-order valence-corrected chi connectivity index (χ4v) is 4.72. The first-order valence-corrected chi connectivity index (χ1v) is 10.4. The van der Waals surface area contributed by atoms with Gasteiger partial charge in [0, 0.05) is 25.6 Å². The van der Waals surface area contributed by atoms with Gasteiger partial charge in [-0.3, -0.25) is 4.79 Å². The molecule has 4 nitrogen and oxygen atoms in total. The molecule has 1 amide bonds. The molecule has 0 aliphatic carbocycles. The first-order chi connectivity index (χ1) is 13.2. The van der Waals surface area contributed by atoms with Crippen LogP contribution in [0.15, 0.2) is 48.5 Å². The van der Waals surface area contributed by atoms with Gasteiger partial charge in [-0.05, 0) is 49.4 Å². The Morgan fingerprint density at radius 3 is 2.74 bits per heavy atom. The van der Waals surface area contributed by atoms with Gasteiger partial charge in [-0.15, -0.1) is 0 Å². The van der Waals surface area contributed by atoms with Gasteiger partial charge < -0.3 is 10.2 Å². The number of aromatic nitrogens is 1. The number of nitrogens with one attached hydrogen (secondary N) is 1. The lowest BCUT2D eigenvalue weighted by Crippen LogP contribution is -2.41. The molecule has 4 rings (SSSR count). The lowest BCUT2D eigenvalue weighted by atomic mass is 9.96. The van der Waals surface area contributed by atoms with Crippen molar-refractivity contribution in [2.24, 2.45) is 5.92 Å². The van der Waals surface area contributed by atoms with Gasteiger partial charge in [0.1, 0.15) is 0 Å². The molecule has 1 aromatic heterocycles. The number of hydrogen-bond donors (Lipinski definition) is 1. The zero-order chi connectivity index (χ0) is 18.6. The predicted octanol–water partition coefficient (Wildman–Crippen LogP) is 4.18. The Bertz CT molecular complexity index is 914. The predicted molar refractivity (Wildman–Crippen MR) is 112 cm³/mol. The molecule has 1 saturated heterocycles. The number of fused-ring (bicyclic) bond motifs is 1. The van der Waals surface area contributed by atoms with Crippen molar-refractivity contribution >= 4 is 32.6 Å². The molecule has 5 heteroatoms. The van der Waals surface area contributed by atoms with E-state index in [0.29, 0.717) is 6.54 Å². The van der Waals surface area contributed by atoms with E-state index in [-0.39, 0.29) is 11.8 Å². The molecule has 1 aliphatic heterocycles. The third-order valence-electron chi connectivity index (χ3n) is 5.22. The maximum atomic E-state index is 12.5. The smallest absolute Gasteiger partial charge is 0.223 e. The first-order valence-electron chi connectivity index (χ1n) is 9.63. The summed E-state index contributed by atoms with van der Waals surface area (Å²) in [4.78, 5) is 19.6. The summed E-state index contributed by atoms with van der Waals surface area (Å²) >= 11 is 1.75. The number of carbonyl (C=O) groups is 1. The lowest BCUT2D eigenvalue weighted by Gasteiger charge is -2.31. The molecule has 27 heavy (non-hydrogen) atoms. The summed E-state index contributed by atoms with van der Waals surface area (Å²) in [6, 6.07) is 16.7. The van der Waals surface area contributed by atoms with Crippen LogP contribution in [0.3, 0.4) is 0 Å². The number of benzene rings is 2. The molecule has 0 radical (unpaired) electrons. The second kappa shape index (κ2) is 8.09. The van der Waals surface area contributed by atoms with E-state index in [1.165, 1.54) is 15.8 Å². The van der Waals surface area contributed by atoms with Crippen molar-refractivity contribution in [3.63, 3.8) is 0 Å². The summed E-state index contributed by atoms with van der Waals surface area (Å²) in [5.41, 5.74) is 3.60. The van der Waals surface area contributed by atoms with Gasteiger partial charge in [0.2, 0.25) is 5.91 Å². The Labute approximate surface area is 164 Å². The quantitative estimate of drug-likeness (QED) is 0.723. The third-order valence-corrected chi connectivity index (χ3v) is 6.30. The number of amides is 1. The van der Waals surface area contributed by atoms with Gasteiger partial charge in [-0.25, -0.2) is 4.98 Å². The number of piperidine rings is 1. The highest BCUT2D eigenvalue weighted by Crippen LogP contribution is 2.32. The zero-order valence-electron chi connectivity index (χ0n) is 15.6. The molecule has 1 fully saturated rings. The van der Waals surface area contributed by atoms with Crippen LogP contribution in [0.5, 0.6) is 0 Å². The number of anilines is 1. The van der Waals surface area contributed by atoms with Crippen LogP contribution < -0.4 is 10.2 Å². The number of nitrogens with zero attached hydrogens (tertiary/aromatic N) is 2. The SMILES string of the molecule is Cc1ccc2nc(N3CCC(C(=O)NCCc4ccccc4)CC3)sc2c1. The van der Waals surface area contributed by atoms with Gasteiger partial charge in [-0.1, -0.05) is 47.7 Å². The fraction of sp³-hybridized carbons (Fsp3) is 0.364. The second-order valence-electron chi connectivity index (χ2n) is 7.26. The van der Waals surface area contributed by atoms with E-state index in [1.54, 1.807) is 11.3 Å². The van der Waals surface area contributed by atoms with Crippen LogP contribution in [0, 0.1) is 12.8 Å². The third kappa shape index (κ3) is 4.30. The van der Waals surface area contributed by atoms with E-state index in [0.717, 1.165) is 43.0 Å². The lowest BCUT2D eigenvalue weighted by molar-refractivity contribution is -0.125. The van der Waals surface area contributed by atoms with Crippen molar-refractivity contribution in [2.45, 2.75) is 26.2 Å². The van der Waals surface area contributed by atoms with Crippen LogP contribution in [0.4, 0.5) is 5.13 Å². The minimum absolute atomic E-state index is 0.119. The van der Waals surface area contributed by atoms with E-state index < -0.39 is 0 Å². The van der Waals surface area contributed by atoms with E-state index in [1.807, 2.05) is 18.2 Å². The summed E-state index contributed by atoms with van der Waals surface area (Å²) in [5.74, 6) is 0.319. The fourth-order valence-electron chi connectivity index (χ4n) is 3.61. The molecule has 0 unspecified atom stereocenters. The second-order valence-corrected chi connectivity index (χ2v) is 8.26. The normalized spacial score (nSPS) is 15.2. The summed E-state index contributed by atoms with van der Waals surface area (Å²) < 4.78 is 1.24. The molecule has 0 bridgehead atoms. The van der Waals surface area contributed by atoms with Crippen LogP contribution in [-0.2, 0) is 11.2 Å². The van der Waals surface area contributed by atoms with Gasteiger partial charge in [0.05, 0.1) is 10.2 Å². The Balaban J connectivity index is 1.28. The molecule has 0 saturated carbocycles. The summed E-state index contributed by atoms with van der Waals surface area (Å²) in [6.07, 6.45) is 2.68. The molecule has 0 atom stereocenters. The monoisotopic (exact) mass is 379 g/mol. The molecule has 2 heterocycles. The van der Waals surface area contributed by atoms with E-state index in [4.69, 9.17) is 4.98 Å². The first kappa shape index (κ1) is 18.0. The highest BCUT2D eigenvalue weighted by Gasteiger charge is 2.26. The molecule has 140 valence electrons. The minimum atomic E-state index is 0.119. The van der Waals surface area contributed by atoms with Crippen LogP contribution in [0.25, 0.3) is 10.2 Å². The Morgan fingerprint density at radius 2 is 1.96 bits per heavy atom. The topological polar surface area (TPSA) is 45.2 Å². The largest absolute Gasteiger partial charge is 0.356 e. The Hall–Kier alpha value is -2.40. The average molecular weight is 380 g/mol.